The lowest BCUT2D eigenvalue weighted by molar-refractivity contribution is -0.115. The van der Waals surface area contributed by atoms with Gasteiger partial charge in [0.25, 0.3) is 0 Å². The Kier molecular flexibility index (Phi) is 5.38. The van der Waals surface area contributed by atoms with Gasteiger partial charge in [-0.3, -0.25) is 4.79 Å². The third kappa shape index (κ3) is 4.52. The van der Waals surface area contributed by atoms with Crippen LogP contribution in [-0.4, -0.2) is 16.1 Å². The van der Waals surface area contributed by atoms with Gasteiger partial charge in [0.1, 0.15) is 0 Å². The van der Waals surface area contributed by atoms with E-state index in [1.807, 2.05) is 0 Å². The van der Waals surface area contributed by atoms with Crippen LogP contribution in [0.15, 0.2) is 54.7 Å². The van der Waals surface area contributed by atoms with Crippen molar-refractivity contribution >= 4 is 34.7 Å². The summed E-state index contributed by atoms with van der Waals surface area (Å²) in [4.78, 5) is 12.2. The molecule has 2 aromatic carbocycles. The molecule has 0 aliphatic heterocycles. The van der Waals surface area contributed by atoms with Crippen molar-refractivity contribution in [1.82, 2.24) is 10.2 Å². The number of amides is 1. The molecule has 2 N–H and O–H groups in total. The number of carbonyl (C=O) groups is 1. The molecule has 0 saturated carbocycles. The first-order valence-electron chi connectivity index (χ1n) is 7.59. The van der Waals surface area contributed by atoms with Crippen LogP contribution in [0.25, 0.3) is 0 Å². The van der Waals surface area contributed by atoms with Gasteiger partial charge < -0.3 is 10.6 Å². The second kappa shape index (κ2) is 7.88. The van der Waals surface area contributed by atoms with E-state index in [9.17, 15) is 13.6 Å². The average Bonchev–Trinajstić information content (AvgIpc) is 2.60. The van der Waals surface area contributed by atoms with E-state index >= 15 is 0 Å². The highest BCUT2D eigenvalue weighted by Crippen LogP contribution is 2.20. The van der Waals surface area contributed by atoms with Crippen molar-refractivity contribution < 1.29 is 13.6 Å². The minimum absolute atomic E-state index is 0.105. The third-order valence-electron chi connectivity index (χ3n) is 3.44. The van der Waals surface area contributed by atoms with E-state index in [2.05, 4.69) is 20.8 Å². The van der Waals surface area contributed by atoms with Crippen molar-refractivity contribution in [1.29, 1.82) is 0 Å². The monoisotopic (exact) mass is 374 g/mol. The molecule has 26 heavy (non-hydrogen) atoms. The maximum atomic E-state index is 13.3. The summed E-state index contributed by atoms with van der Waals surface area (Å²) < 4.78 is 26.2. The smallest absolute Gasteiger partial charge is 0.228 e. The zero-order chi connectivity index (χ0) is 18.5. The first-order chi connectivity index (χ1) is 12.5. The Bertz CT molecular complexity index is 952. The molecule has 0 aliphatic rings. The molecule has 0 saturated heterocycles. The largest absolute Gasteiger partial charge is 0.339 e. The van der Waals surface area contributed by atoms with Gasteiger partial charge in [-0.15, -0.1) is 5.10 Å². The highest BCUT2D eigenvalue weighted by atomic mass is 35.5. The van der Waals surface area contributed by atoms with Crippen molar-refractivity contribution in [3.63, 3.8) is 0 Å². The number of benzene rings is 2. The molecule has 1 aromatic heterocycles. The van der Waals surface area contributed by atoms with Gasteiger partial charge in [-0.05, 0) is 23.8 Å². The summed E-state index contributed by atoms with van der Waals surface area (Å²) in [6.45, 7) is 0. The molecule has 1 amide bonds. The van der Waals surface area contributed by atoms with Crippen LogP contribution in [0.3, 0.4) is 0 Å². The molecule has 8 heteroatoms. The van der Waals surface area contributed by atoms with Gasteiger partial charge in [0.15, 0.2) is 17.5 Å². The minimum atomic E-state index is -0.979. The molecule has 3 aromatic rings. The van der Waals surface area contributed by atoms with Crippen LogP contribution in [0.5, 0.6) is 0 Å². The van der Waals surface area contributed by atoms with Crippen LogP contribution in [-0.2, 0) is 11.2 Å². The molecule has 3 rings (SSSR count). The SMILES string of the molecule is O=C(Cc1ccccc1Cl)Nc1cnnc(Nc2ccc(F)c(F)c2)c1. The van der Waals surface area contributed by atoms with Gasteiger partial charge in [-0.2, -0.15) is 5.10 Å². The van der Waals surface area contributed by atoms with Gasteiger partial charge in [-0.25, -0.2) is 8.78 Å². The molecular formula is C18H13ClF2N4O. The normalized spacial score (nSPS) is 10.4. The number of aromatic nitrogens is 2. The number of hydrogen-bond acceptors (Lipinski definition) is 4. The van der Waals surface area contributed by atoms with Crippen LogP contribution in [0, 0.1) is 11.6 Å². The minimum Gasteiger partial charge on any atom is -0.339 e. The Morgan fingerprint density at radius 1 is 1.04 bits per heavy atom. The summed E-state index contributed by atoms with van der Waals surface area (Å²) in [5, 5.41) is 13.6. The fraction of sp³-hybridized carbons (Fsp3) is 0.0556. The Balaban J connectivity index is 1.68. The number of halogens is 3. The predicted octanol–water partition coefficient (Wildman–Crippen LogP) is 4.33. The molecule has 0 atom stereocenters. The summed E-state index contributed by atoms with van der Waals surface area (Å²) in [7, 11) is 0. The Hall–Kier alpha value is -3.06. The molecule has 1 heterocycles. The zero-order valence-electron chi connectivity index (χ0n) is 13.3. The van der Waals surface area contributed by atoms with Crippen LogP contribution < -0.4 is 10.6 Å². The van der Waals surface area contributed by atoms with Crippen molar-refractivity contribution in [3.8, 4) is 0 Å². The van der Waals surface area contributed by atoms with Crippen LogP contribution >= 0.6 is 11.6 Å². The predicted molar refractivity (Wildman–Crippen MR) is 95.5 cm³/mol. The number of rotatable bonds is 5. The third-order valence-corrected chi connectivity index (χ3v) is 3.81. The summed E-state index contributed by atoms with van der Waals surface area (Å²) in [5.74, 6) is -1.93. The molecule has 0 spiro atoms. The standard InChI is InChI=1S/C18H13ClF2N4O/c19-14-4-2-1-3-11(14)7-18(26)24-13-9-17(25-22-10-13)23-12-5-6-15(20)16(21)8-12/h1-6,8-10H,7H2,(H2,23,24,25,26). The Morgan fingerprint density at radius 3 is 2.62 bits per heavy atom. The molecule has 132 valence electrons. The summed E-state index contributed by atoms with van der Waals surface area (Å²) in [6, 6.07) is 11.9. The highest BCUT2D eigenvalue weighted by Gasteiger charge is 2.09. The van der Waals surface area contributed by atoms with E-state index in [4.69, 9.17) is 11.6 Å². The lowest BCUT2D eigenvalue weighted by Crippen LogP contribution is -2.15. The van der Waals surface area contributed by atoms with Gasteiger partial charge in [0.05, 0.1) is 18.3 Å². The first kappa shape index (κ1) is 17.8. The quantitative estimate of drug-likeness (QED) is 0.697. The summed E-state index contributed by atoms with van der Waals surface area (Å²) in [5.41, 5.74) is 1.41. The zero-order valence-corrected chi connectivity index (χ0v) is 14.1. The van der Waals surface area contributed by atoms with Crippen LogP contribution in [0.2, 0.25) is 5.02 Å². The molecule has 0 bridgehead atoms. The fourth-order valence-electron chi connectivity index (χ4n) is 2.24. The van der Waals surface area contributed by atoms with E-state index in [0.29, 0.717) is 22.0 Å². The van der Waals surface area contributed by atoms with Crippen LogP contribution in [0.4, 0.5) is 26.0 Å². The topological polar surface area (TPSA) is 66.9 Å². The van der Waals surface area contributed by atoms with Gasteiger partial charge >= 0.3 is 0 Å². The number of hydrogen-bond donors (Lipinski definition) is 2. The van der Waals surface area contributed by atoms with Crippen molar-refractivity contribution in [3.05, 3.63) is 76.9 Å². The maximum Gasteiger partial charge on any atom is 0.228 e. The number of anilines is 3. The molecule has 0 aliphatic carbocycles. The average molecular weight is 375 g/mol. The first-order valence-corrected chi connectivity index (χ1v) is 7.97. The highest BCUT2D eigenvalue weighted by molar-refractivity contribution is 6.31. The van der Waals surface area contributed by atoms with E-state index in [1.54, 1.807) is 24.3 Å². The summed E-state index contributed by atoms with van der Waals surface area (Å²) in [6.07, 6.45) is 1.48. The summed E-state index contributed by atoms with van der Waals surface area (Å²) >= 11 is 6.04. The number of carbonyl (C=O) groups excluding carboxylic acids is 1. The molecule has 0 fully saturated rings. The number of nitrogens with one attached hydrogen (secondary N) is 2. The van der Waals surface area contributed by atoms with Gasteiger partial charge in [-0.1, -0.05) is 29.8 Å². The van der Waals surface area contributed by atoms with E-state index in [1.165, 1.54) is 18.3 Å². The lowest BCUT2D eigenvalue weighted by Gasteiger charge is -2.09. The van der Waals surface area contributed by atoms with Crippen molar-refractivity contribution in [2.75, 3.05) is 10.6 Å². The molecule has 5 nitrogen and oxygen atoms in total. The van der Waals surface area contributed by atoms with Gasteiger partial charge in [0.2, 0.25) is 5.91 Å². The van der Waals surface area contributed by atoms with E-state index in [-0.39, 0.29) is 18.1 Å². The van der Waals surface area contributed by atoms with Gasteiger partial charge in [0, 0.05) is 22.8 Å². The number of nitrogens with zero attached hydrogens (tertiary/aromatic N) is 2. The van der Waals surface area contributed by atoms with E-state index in [0.717, 1.165) is 12.1 Å². The van der Waals surface area contributed by atoms with Crippen molar-refractivity contribution in [2.45, 2.75) is 6.42 Å². The molecule has 0 radical (unpaired) electrons. The maximum absolute atomic E-state index is 13.3. The second-order valence-corrected chi connectivity index (χ2v) is 5.81. The van der Waals surface area contributed by atoms with Crippen LogP contribution in [0.1, 0.15) is 5.56 Å². The second-order valence-electron chi connectivity index (χ2n) is 5.40. The van der Waals surface area contributed by atoms with Crippen molar-refractivity contribution in [2.24, 2.45) is 0 Å². The van der Waals surface area contributed by atoms with E-state index < -0.39 is 11.6 Å². The molecular weight excluding hydrogens is 362 g/mol. The Labute approximate surface area is 153 Å². The molecule has 0 unspecified atom stereocenters. The lowest BCUT2D eigenvalue weighted by atomic mass is 10.1. The fourth-order valence-corrected chi connectivity index (χ4v) is 2.44. The Morgan fingerprint density at radius 2 is 1.85 bits per heavy atom.